The van der Waals surface area contributed by atoms with E-state index in [1.54, 1.807) is 6.07 Å². The second-order valence-electron chi connectivity index (χ2n) is 10.8. The Morgan fingerprint density at radius 3 is 2.27 bits per heavy atom. The maximum absolute atomic E-state index is 13.2. The van der Waals surface area contributed by atoms with Crippen molar-refractivity contribution in [2.24, 2.45) is 0 Å². The highest BCUT2D eigenvalue weighted by Crippen LogP contribution is 2.31. The van der Waals surface area contributed by atoms with E-state index >= 15 is 0 Å². The summed E-state index contributed by atoms with van der Waals surface area (Å²) in [5, 5.41) is 23.1. The van der Waals surface area contributed by atoms with Gasteiger partial charge in [0.1, 0.15) is 0 Å². The third kappa shape index (κ3) is 9.42. The van der Waals surface area contributed by atoms with Crippen molar-refractivity contribution < 1.29 is 23.4 Å². The summed E-state index contributed by atoms with van der Waals surface area (Å²) in [7, 11) is -2.43. The first-order valence-electron chi connectivity index (χ1n) is 13.4. The van der Waals surface area contributed by atoms with Gasteiger partial charge >= 0.3 is 5.97 Å². The second kappa shape index (κ2) is 14.2. The van der Waals surface area contributed by atoms with E-state index in [0.717, 1.165) is 34.7 Å². The zero-order valence-electron chi connectivity index (χ0n) is 23.3. The van der Waals surface area contributed by atoms with E-state index in [9.17, 15) is 18.3 Å². The number of carboxylic acid groups (broad SMARTS) is 1. The number of aryl methyl sites for hydroxylation is 2. The van der Waals surface area contributed by atoms with Gasteiger partial charge in [-0.2, -0.15) is 4.31 Å². The van der Waals surface area contributed by atoms with Gasteiger partial charge in [-0.1, -0.05) is 72.3 Å². The number of hydrogen-bond donors (Lipinski definition) is 3. The maximum Gasteiger partial charge on any atom is 0.303 e. The average molecular weight is 587 g/mol. The van der Waals surface area contributed by atoms with Crippen LogP contribution in [0.5, 0.6) is 0 Å². The lowest BCUT2D eigenvalue weighted by atomic mass is 9.95. The quantitative estimate of drug-likeness (QED) is 0.220. The SMILES string of the molecule is CN(CC(O)CNC(C)(C)CCCc1ccccc1)S(=O)(=O)c1ccc(-c2ccc(CCC(=O)O)cc2)c(Cl)c1. The van der Waals surface area contributed by atoms with Crippen molar-refractivity contribution in [3.8, 4) is 11.1 Å². The fourth-order valence-corrected chi connectivity index (χ4v) is 6.08. The molecule has 3 rings (SSSR count). The molecule has 216 valence electrons. The molecule has 1 atom stereocenters. The van der Waals surface area contributed by atoms with Crippen molar-refractivity contribution in [3.05, 3.63) is 88.9 Å². The summed E-state index contributed by atoms with van der Waals surface area (Å²) in [4.78, 5) is 10.8. The third-order valence-corrected chi connectivity index (χ3v) is 9.07. The van der Waals surface area contributed by atoms with Crippen LogP contribution in [0.2, 0.25) is 5.02 Å². The van der Waals surface area contributed by atoms with Gasteiger partial charge in [-0.15, -0.1) is 0 Å². The number of carboxylic acids is 1. The van der Waals surface area contributed by atoms with Crippen LogP contribution in [0.1, 0.15) is 44.2 Å². The van der Waals surface area contributed by atoms with Crippen molar-refractivity contribution in [1.29, 1.82) is 0 Å². The molecule has 0 heterocycles. The molecule has 7 nitrogen and oxygen atoms in total. The van der Waals surface area contributed by atoms with E-state index in [1.165, 1.54) is 24.7 Å². The van der Waals surface area contributed by atoms with E-state index < -0.39 is 22.1 Å². The molecule has 0 spiro atoms. The van der Waals surface area contributed by atoms with Crippen LogP contribution in [0.25, 0.3) is 11.1 Å². The smallest absolute Gasteiger partial charge is 0.303 e. The van der Waals surface area contributed by atoms with Crippen molar-refractivity contribution in [3.63, 3.8) is 0 Å². The summed E-state index contributed by atoms with van der Waals surface area (Å²) in [5.41, 5.74) is 3.46. The molecule has 0 aliphatic rings. The van der Waals surface area contributed by atoms with Gasteiger partial charge in [-0.25, -0.2) is 8.42 Å². The molecule has 0 aliphatic carbocycles. The zero-order chi connectivity index (χ0) is 29.3. The summed E-state index contributed by atoms with van der Waals surface area (Å²) in [5.74, 6) is -0.851. The molecular weight excluding hydrogens is 548 g/mol. The highest BCUT2D eigenvalue weighted by Gasteiger charge is 2.25. The first-order valence-corrected chi connectivity index (χ1v) is 15.2. The Labute approximate surface area is 242 Å². The molecule has 0 fully saturated rings. The predicted molar refractivity (Wildman–Crippen MR) is 160 cm³/mol. The molecule has 40 heavy (non-hydrogen) atoms. The minimum absolute atomic E-state index is 0.0447. The van der Waals surface area contributed by atoms with Gasteiger partial charge in [0, 0.05) is 42.7 Å². The molecule has 0 saturated carbocycles. The molecule has 9 heteroatoms. The summed E-state index contributed by atoms with van der Waals surface area (Å²) < 4.78 is 27.6. The Hall–Kier alpha value is -2.75. The molecule has 3 aromatic carbocycles. The van der Waals surface area contributed by atoms with Gasteiger partial charge in [0.2, 0.25) is 10.0 Å². The van der Waals surface area contributed by atoms with E-state index in [-0.39, 0.29) is 35.0 Å². The molecule has 3 aromatic rings. The Kier molecular flexibility index (Phi) is 11.3. The molecule has 1 unspecified atom stereocenters. The lowest BCUT2D eigenvalue weighted by Crippen LogP contribution is -2.46. The van der Waals surface area contributed by atoms with E-state index in [0.29, 0.717) is 12.0 Å². The number of aliphatic hydroxyl groups is 1. The van der Waals surface area contributed by atoms with Crippen molar-refractivity contribution in [1.82, 2.24) is 9.62 Å². The average Bonchev–Trinajstić information content (AvgIpc) is 2.91. The number of halogens is 1. The molecule has 0 amide bonds. The van der Waals surface area contributed by atoms with E-state index in [4.69, 9.17) is 16.7 Å². The second-order valence-corrected chi connectivity index (χ2v) is 13.2. The fraction of sp³-hybridized carbons (Fsp3) is 0.387. The lowest BCUT2D eigenvalue weighted by Gasteiger charge is -2.29. The number of likely N-dealkylation sites (N-methyl/N-ethyl adjacent to an activating group) is 1. The van der Waals surface area contributed by atoms with Crippen molar-refractivity contribution in [2.45, 2.75) is 62.5 Å². The highest BCUT2D eigenvalue weighted by atomic mass is 35.5. The number of sulfonamides is 1. The highest BCUT2D eigenvalue weighted by molar-refractivity contribution is 7.89. The number of β-amino-alcohol motifs (C(OH)–C–C–N with tert-alkyl or cyclic N) is 1. The van der Waals surface area contributed by atoms with Crippen LogP contribution in [-0.2, 0) is 27.7 Å². The summed E-state index contributed by atoms with van der Waals surface area (Å²) in [6, 6.07) is 22.2. The monoisotopic (exact) mass is 586 g/mol. The number of nitrogens with one attached hydrogen (secondary N) is 1. The first kappa shape index (κ1) is 31.8. The first-order chi connectivity index (χ1) is 18.9. The normalized spacial score (nSPS) is 12.9. The number of benzene rings is 3. The van der Waals surface area contributed by atoms with Crippen molar-refractivity contribution in [2.75, 3.05) is 20.1 Å². The van der Waals surface area contributed by atoms with Crippen LogP contribution in [0.4, 0.5) is 0 Å². The predicted octanol–water partition coefficient (Wildman–Crippen LogP) is 5.40. The molecule has 0 aromatic heterocycles. The Balaban J connectivity index is 1.55. The Morgan fingerprint density at radius 2 is 1.65 bits per heavy atom. The lowest BCUT2D eigenvalue weighted by molar-refractivity contribution is -0.136. The number of hydrogen-bond acceptors (Lipinski definition) is 5. The summed E-state index contributed by atoms with van der Waals surface area (Å²) in [6.07, 6.45) is 2.49. The minimum Gasteiger partial charge on any atom is -0.481 e. The van der Waals surface area contributed by atoms with Crippen molar-refractivity contribution >= 4 is 27.6 Å². The van der Waals surface area contributed by atoms with Gasteiger partial charge in [-0.3, -0.25) is 4.79 Å². The standard InChI is InChI=1S/C31H39ClN2O5S/c1-31(2,19-7-10-23-8-5-4-6-9-23)33-21-26(35)22-34(3)40(38,39)27-16-17-28(29(32)20-27)25-14-11-24(12-15-25)13-18-30(36)37/h4-6,8-9,11-12,14-17,20,26,33,35H,7,10,13,18-19,21-22H2,1-3H3,(H,36,37). The fourth-order valence-electron chi connectivity index (χ4n) is 4.49. The van der Waals surface area contributed by atoms with Gasteiger partial charge < -0.3 is 15.5 Å². The number of carbonyl (C=O) groups is 1. The van der Waals surface area contributed by atoms with Crippen LogP contribution in [0.3, 0.4) is 0 Å². The molecule has 3 N–H and O–H groups in total. The van der Waals surface area contributed by atoms with Crippen LogP contribution in [-0.4, -0.2) is 60.7 Å². The number of aliphatic hydroxyl groups excluding tert-OH is 1. The number of nitrogens with zero attached hydrogens (tertiary/aromatic N) is 1. The molecular formula is C31H39ClN2O5S. The van der Waals surface area contributed by atoms with Crippen LogP contribution in [0.15, 0.2) is 77.7 Å². The van der Waals surface area contributed by atoms with Gasteiger partial charge in [-0.05, 0) is 68.4 Å². The van der Waals surface area contributed by atoms with E-state index in [1.807, 2.05) is 42.5 Å². The number of rotatable bonds is 15. The summed E-state index contributed by atoms with van der Waals surface area (Å²) >= 11 is 6.48. The molecule has 0 aliphatic heterocycles. The largest absolute Gasteiger partial charge is 0.481 e. The molecule has 0 bridgehead atoms. The molecule has 0 saturated heterocycles. The van der Waals surface area contributed by atoms with Crippen LogP contribution < -0.4 is 5.32 Å². The zero-order valence-corrected chi connectivity index (χ0v) is 24.9. The van der Waals surface area contributed by atoms with Gasteiger partial charge in [0.15, 0.2) is 0 Å². The minimum atomic E-state index is -3.87. The van der Waals surface area contributed by atoms with Gasteiger partial charge in [0.05, 0.1) is 11.0 Å². The third-order valence-electron chi connectivity index (χ3n) is 6.94. The van der Waals surface area contributed by atoms with Crippen LogP contribution in [0, 0.1) is 0 Å². The van der Waals surface area contributed by atoms with E-state index in [2.05, 4.69) is 31.3 Å². The maximum atomic E-state index is 13.2. The Bertz CT molecular complexity index is 1360. The summed E-state index contributed by atoms with van der Waals surface area (Å²) in [6.45, 7) is 4.36. The topological polar surface area (TPSA) is 107 Å². The molecule has 0 radical (unpaired) electrons. The number of aliphatic carboxylic acids is 1. The van der Waals surface area contributed by atoms with Crippen LogP contribution >= 0.6 is 11.6 Å². The van der Waals surface area contributed by atoms with Gasteiger partial charge in [0.25, 0.3) is 0 Å². The Morgan fingerprint density at radius 1 is 1.00 bits per heavy atom.